The monoisotopic (exact) mass is 524 g/mol. The van der Waals surface area contributed by atoms with Crippen LogP contribution in [0.15, 0.2) is 82.7 Å². The van der Waals surface area contributed by atoms with E-state index in [1.807, 2.05) is 24.3 Å². The number of allylic oxidation sites excluding steroid dienone is 1. The van der Waals surface area contributed by atoms with Crippen LogP contribution in [0.3, 0.4) is 0 Å². The Balaban J connectivity index is 0.00000181. The number of likely N-dealkylation sites (N-methyl/N-ethyl adjacent to an activating group) is 1. The minimum atomic E-state index is 0. The van der Waals surface area contributed by atoms with E-state index in [0.717, 1.165) is 50.6 Å². The van der Waals surface area contributed by atoms with Crippen molar-refractivity contribution < 1.29 is 0 Å². The van der Waals surface area contributed by atoms with Crippen LogP contribution in [0.1, 0.15) is 16.7 Å². The second kappa shape index (κ2) is 12.6. The summed E-state index contributed by atoms with van der Waals surface area (Å²) in [6, 6.07) is 22.4. The molecule has 0 saturated carbocycles. The fourth-order valence-corrected chi connectivity index (χ4v) is 4.89. The van der Waals surface area contributed by atoms with E-state index in [1.165, 1.54) is 11.3 Å². The van der Waals surface area contributed by atoms with E-state index in [9.17, 15) is 0 Å². The van der Waals surface area contributed by atoms with Gasteiger partial charge in [-0.3, -0.25) is 4.99 Å². The van der Waals surface area contributed by atoms with Crippen molar-refractivity contribution in [1.29, 1.82) is 0 Å². The number of nitrogens with zero attached hydrogens (tertiary/aromatic N) is 2. The molecule has 32 heavy (non-hydrogen) atoms. The smallest absolute Gasteiger partial charge is 0.0668 e. The Morgan fingerprint density at radius 3 is 2.47 bits per heavy atom. The Labute approximate surface area is 216 Å². The van der Waals surface area contributed by atoms with Gasteiger partial charge in [0.15, 0.2) is 0 Å². The predicted octanol–water partition coefficient (Wildman–Crippen LogP) is 8.08. The maximum atomic E-state index is 6.56. The summed E-state index contributed by atoms with van der Waals surface area (Å²) in [4.78, 5) is 8.15. The summed E-state index contributed by atoms with van der Waals surface area (Å²) >= 11 is 14.3. The van der Waals surface area contributed by atoms with Gasteiger partial charge in [0.1, 0.15) is 0 Å². The van der Waals surface area contributed by atoms with Crippen molar-refractivity contribution in [3.05, 3.63) is 99.5 Å². The maximum Gasteiger partial charge on any atom is 0.0668 e. The number of benzene rings is 3. The van der Waals surface area contributed by atoms with Gasteiger partial charge in [0.05, 0.1) is 17.3 Å². The van der Waals surface area contributed by atoms with Gasteiger partial charge in [-0.15, -0.1) is 36.6 Å². The molecule has 7 heteroatoms. The molecule has 0 unspecified atom stereocenters. The van der Waals surface area contributed by atoms with E-state index in [4.69, 9.17) is 28.2 Å². The summed E-state index contributed by atoms with van der Waals surface area (Å²) in [5.74, 6) is 0.830. The number of anilines is 1. The summed E-state index contributed by atoms with van der Waals surface area (Å²) < 4.78 is 0. The summed E-state index contributed by atoms with van der Waals surface area (Å²) in [7, 11) is 2.11. The molecular formula is C25H24Cl4N2S. The predicted molar refractivity (Wildman–Crippen MR) is 147 cm³/mol. The summed E-state index contributed by atoms with van der Waals surface area (Å²) in [6.07, 6.45) is 4.23. The van der Waals surface area contributed by atoms with Gasteiger partial charge in [-0.2, -0.15) is 0 Å². The SMILES string of the molecule is CN1CCN=C(C=Cc2cccc(Cl)c2SCc2ccc(Cl)cc2)c2ccccc21.Cl.Cl. The van der Waals surface area contributed by atoms with Gasteiger partial charge >= 0.3 is 0 Å². The first-order chi connectivity index (χ1) is 14.6. The number of thioether (sulfide) groups is 1. The number of halogens is 4. The third-order valence-electron chi connectivity index (χ3n) is 5.02. The van der Waals surface area contributed by atoms with Crippen LogP contribution in [0.4, 0.5) is 5.69 Å². The van der Waals surface area contributed by atoms with Crippen molar-refractivity contribution in [3.8, 4) is 0 Å². The lowest BCUT2D eigenvalue weighted by atomic mass is 10.1. The topological polar surface area (TPSA) is 15.6 Å². The van der Waals surface area contributed by atoms with E-state index in [0.29, 0.717) is 0 Å². The van der Waals surface area contributed by atoms with Crippen LogP contribution in [-0.2, 0) is 5.75 Å². The standard InChI is InChI=1S/C25H22Cl2N2S.2ClH/c1-29-16-15-28-23(21-6-2-3-8-24(21)29)14-11-19-5-4-7-22(27)25(19)30-17-18-9-12-20(26)13-10-18;;/h2-14H,15-17H2,1H3;2*1H. The zero-order valence-corrected chi connectivity index (χ0v) is 21.5. The van der Waals surface area contributed by atoms with Crippen LogP contribution in [0.2, 0.25) is 10.0 Å². The third-order valence-corrected chi connectivity index (χ3v) is 6.92. The molecule has 0 aliphatic carbocycles. The Morgan fingerprint density at radius 2 is 1.69 bits per heavy atom. The molecule has 4 rings (SSSR count). The van der Waals surface area contributed by atoms with E-state index >= 15 is 0 Å². The molecule has 3 aromatic carbocycles. The van der Waals surface area contributed by atoms with E-state index in [-0.39, 0.29) is 24.8 Å². The number of para-hydroxylation sites is 1. The summed E-state index contributed by atoms with van der Waals surface area (Å²) in [5.41, 5.74) is 5.68. The minimum absolute atomic E-state index is 0. The normalized spacial score (nSPS) is 13.0. The van der Waals surface area contributed by atoms with Crippen LogP contribution in [-0.4, -0.2) is 25.8 Å². The van der Waals surface area contributed by atoms with E-state index < -0.39 is 0 Å². The molecule has 0 N–H and O–H groups in total. The highest BCUT2D eigenvalue weighted by Gasteiger charge is 2.14. The lowest BCUT2D eigenvalue weighted by Crippen LogP contribution is -2.20. The van der Waals surface area contributed by atoms with Crippen LogP contribution < -0.4 is 4.90 Å². The lowest BCUT2D eigenvalue weighted by molar-refractivity contribution is 0.897. The molecule has 1 aliphatic rings. The molecule has 0 atom stereocenters. The number of rotatable bonds is 5. The first kappa shape index (κ1) is 26.6. The quantitative estimate of drug-likeness (QED) is 0.313. The van der Waals surface area contributed by atoms with Gasteiger partial charge < -0.3 is 4.90 Å². The third kappa shape index (κ3) is 6.46. The Kier molecular flexibility index (Phi) is 10.5. The van der Waals surface area contributed by atoms with E-state index in [1.54, 1.807) is 11.8 Å². The molecular weight excluding hydrogens is 502 g/mol. The van der Waals surface area contributed by atoms with Crippen LogP contribution in [0, 0.1) is 0 Å². The van der Waals surface area contributed by atoms with Crippen LogP contribution in [0.5, 0.6) is 0 Å². The van der Waals surface area contributed by atoms with Crippen LogP contribution >= 0.6 is 59.8 Å². The fourth-order valence-electron chi connectivity index (χ4n) is 3.41. The largest absolute Gasteiger partial charge is 0.372 e. The van der Waals surface area contributed by atoms with Gasteiger partial charge in [0.2, 0.25) is 0 Å². The molecule has 0 saturated heterocycles. The molecule has 1 aliphatic heterocycles. The number of hydrogen-bond acceptors (Lipinski definition) is 3. The highest BCUT2D eigenvalue weighted by molar-refractivity contribution is 7.98. The fraction of sp³-hybridized carbons (Fsp3) is 0.160. The Hall–Kier alpha value is -1.62. The van der Waals surface area contributed by atoms with Crippen molar-refractivity contribution in [3.63, 3.8) is 0 Å². The second-order valence-corrected chi connectivity index (χ2v) is 8.94. The average molecular weight is 526 g/mol. The first-order valence-corrected chi connectivity index (χ1v) is 11.5. The van der Waals surface area contributed by atoms with Gasteiger partial charge in [-0.1, -0.05) is 71.7 Å². The first-order valence-electron chi connectivity index (χ1n) is 9.80. The van der Waals surface area contributed by atoms with Gasteiger partial charge in [-0.05, 0) is 41.5 Å². The Bertz CT molecular complexity index is 1100. The molecule has 0 fully saturated rings. The van der Waals surface area contributed by atoms with Crippen molar-refractivity contribution in [2.24, 2.45) is 4.99 Å². The van der Waals surface area contributed by atoms with Gasteiger partial charge in [0.25, 0.3) is 0 Å². The molecule has 168 valence electrons. The Morgan fingerprint density at radius 1 is 0.938 bits per heavy atom. The maximum absolute atomic E-state index is 6.56. The molecule has 0 amide bonds. The second-order valence-electron chi connectivity index (χ2n) is 7.11. The number of benzodiazepines with no additional fused rings is 1. The van der Waals surface area contributed by atoms with E-state index in [2.05, 4.69) is 66.6 Å². The molecule has 3 aromatic rings. The molecule has 0 radical (unpaired) electrons. The van der Waals surface area contributed by atoms with Crippen molar-refractivity contribution in [2.75, 3.05) is 25.0 Å². The van der Waals surface area contributed by atoms with Crippen LogP contribution in [0.25, 0.3) is 6.08 Å². The zero-order valence-electron chi connectivity index (χ0n) is 17.5. The van der Waals surface area contributed by atoms with Crippen molar-refractivity contribution >= 4 is 77.3 Å². The molecule has 0 aromatic heterocycles. The van der Waals surface area contributed by atoms with Gasteiger partial charge in [-0.25, -0.2) is 0 Å². The summed E-state index contributed by atoms with van der Waals surface area (Å²) in [5, 5.41) is 1.51. The van der Waals surface area contributed by atoms with Gasteiger partial charge in [0, 0.05) is 40.5 Å². The molecule has 0 spiro atoms. The summed E-state index contributed by atoms with van der Waals surface area (Å²) in [6.45, 7) is 1.69. The highest BCUT2D eigenvalue weighted by Crippen LogP contribution is 2.34. The molecule has 0 bridgehead atoms. The lowest BCUT2D eigenvalue weighted by Gasteiger charge is -2.18. The average Bonchev–Trinajstić information content (AvgIpc) is 2.92. The van der Waals surface area contributed by atoms with Crippen molar-refractivity contribution in [2.45, 2.75) is 10.6 Å². The van der Waals surface area contributed by atoms with Crippen molar-refractivity contribution in [1.82, 2.24) is 0 Å². The zero-order chi connectivity index (χ0) is 20.9. The number of aliphatic imine (C=N–C) groups is 1. The molecule has 2 nitrogen and oxygen atoms in total. The molecule has 1 heterocycles. The minimum Gasteiger partial charge on any atom is -0.372 e. The number of hydrogen-bond donors (Lipinski definition) is 0. The number of fused-ring (bicyclic) bond motifs is 1. The highest BCUT2D eigenvalue weighted by atomic mass is 35.5.